The molecule has 0 saturated heterocycles. The Morgan fingerprint density at radius 3 is 2.48 bits per heavy atom. The summed E-state index contributed by atoms with van der Waals surface area (Å²) in [6, 6.07) is 17.6. The number of amides is 1. The molecule has 0 radical (unpaired) electrons. The van der Waals surface area contributed by atoms with Crippen molar-refractivity contribution < 1.29 is 9.18 Å². The van der Waals surface area contributed by atoms with E-state index in [2.05, 4.69) is 10.3 Å². The third-order valence-electron chi connectivity index (χ3n) is 4.07. The van der Waals surface area contributed by atoms with Crippen molar-refractivity contribution in [2.75, 3.05) is 0 Å². The van der Waals surface area contributed by atoms with E-state index >= 15 is 0 Å². The molecule has 126 valence electrons. The first-order valence-corrected chi connectivity index (χ1v) is 8.12. The van der Waals surface area contributed by atoms with Gasteiger partial charge in [0, 0.05) is 11.8 Å². The van der Waals surface area contributed by atoms with Crippen molar-refractivity contribution in [1.29, 1.82) is 0 Å². The summed E-state index contributed by atoms with van der Waals surface area (Å²) in [6.45, 7) is 3.97. The van der Waals surface area contributed by atoms with Gasteiger partial charge in [-0.1, -0.05) is 42.0 Å². The number of halogens is 1. The van der Waals surface area contributed by atoms with Gasteiger partial charge in [-0.3, -0.25) is 9.78 Å². The normalized spacial score (nSPS) is 11.8. The summed E-state index contributed by atoms with van der Waals surface area (Å²) >= 11 is 0. The number of hydrogen-bond acceptors (Lipinski definition) is 2. The average molecular weight is 334 g/mol. The minimum absolute atomic E-state index is 0.101. The molecule has 0 bridgehead atoms. The second-order valence-electron chi connectivity index (χ2n) is 6.05. The molecular formula is C21H19FN2O. The zero-order valence-electron chi connectivity index (χ0n) is 14.2. The Balaban J connectivity index is 1.71. The van der Waals surface area contributed by atoms with Crippen molar-refractivity contribution >= 4 is 5.91 Å². The second kappa shape index (κ2) is 7.26. The number of carbonyl (C=O) groups is 1. The summed E-state index contributed by atoms with van der Waals surface area (Å²) in [5.74, 6) is -0.501. The topological polar surface area (TPSA) is 42.0 Å². The zero-order valence-corrected chi connectivity index (χ0v) is 14.2. The highest BCUT2D eigenvalue weighted by Crippen LogP contribution is 2.19. The highest BCUT2D eigenvalue weighted by Gasteiger charge is 2.12. The molecule has 1 N–H and O–H groups in total. The van der Waals surface area contributed by atoms with Crippen LogP contribution in [0.3, 0.4) is 0 Å². The molecule has 1 amide bonds. The standard InChI is InChI=1S/C21H19FN2O/c1-14-6-8-16(9-7-14)15(2)24-21(25)18-10-11-20(23-13-18)17-4-3-5-19(22)12-17/h3-13,15H,1-2H3,(H,24,25)/t15-/m0/s1. The molecule has 0 fully saturated rings. The van der Waals surface area contributed by atoms with Gasteiger partial charge in [-0.25, -0.2) is 4.39 Å². The predicted octanol–water partition coefficient (Wildman–Crippen LogP) is 4.69. The van der Waals surface area contributed by atoms with Crippen molar-refractivity contribution in [3.63, 3.8) is 0 Å². The SMILES string of the molecule is Cc1ccc([C@H](C)NC(=O)c2ccc(-c3cccc(F)c3)nc2)cc1. The Kier molecular flexibility index (Phi) is 4.89. The number of benzene rings is 2. The van der Waals surface area contributed by atoms with E-state index in [-0.39, 0.29) is 17.8 Å². The van der Waals surface area contributed by atoms with Crippen LogP contribution in [0.25, 0.3) is 11.3 Å². The zero-order chi connectivity index (χ0) is 17.8. The van der Waals surface area contributed by atoms with Crippen LogP contribution in [0.5, 0.6) is 0 Å². The lowest BCUT2D eigenvalue weighted by Gasteiger charge is -2.14. The van der Waals surface area contributed by atoms with Crippen LogP contribution < -0.4 is 5.32 Å². The number of nitrogens with zero attached hydrogens (tertiary/aromatic N) is 1. The number of carbonyl (C=O) groups excluding carboxylic acids is 1. The Bertz CT molecular complexity index is 873. The van der Waals surface area contributed by atoms with Gasteiger partial charge in [0.05, 0.1) is 17.3 Å². The van der Waals surface area contributed by atoms with Crippen LogP contribution in [0.4, 0.5) is 4.39 Å². The maximum Gasteiger partial charge on any atom is 0.253 e. The van der Waals surface area contributed by atoms with E-state index in [9.17, 15) is 9.18 Å². The predicted molar refractivity (Wildman–Crippen MR) is 96.7 cm³/mol. The first-order valence-electron chi connectivity index (χ1n) is 8.12. The lowest BCUT2D eigenvalue weighted by Crippen LogP contribution is -2.26. The van der Waals surface area contributed by atoms with Crippen molar-refractivity contribution in [2.24, 2.45) is 0 Å². The first kappa shape index (κ1) is 16.8. The molecule has 0 aliphatic carbocycles. The van der Waals surface area contributed by atoms with Crippen LogP contribution >= 0.6 is 0 Å². The van der Waals surface area contributed by atoms with E-state index in [0.717, 1.165) is 5.56 Å². The van der Waals surface area contributed by atoms with Gasteiger partial charge < -0.3 is 5.32 Å². The Morgan fingerprint density at radius 2 is 1.84 bits per heavy atom. The van der Waals surface area contributed by atoms with E-state index in [1.807, 2.05) is 38.1 Å². The van der Waals surface area contributed by atoms with Gasteiger partial charge in [0.15, 0.2) is 0 Å². The minimum atomic E-state index is -0.312. The molecule has 0 aliphatic rings. The molecule has 2 aromatic carbocycles. The summed E-state index contributed by atoms with van der Waals surface area (Å²) in [5.41, 5.74) is 4.00. The average Bonchev–Trinajstić information content (AvgIpc) is 2.62. The summed E-state index contributed by atoms with van der Waals surface area (Å²) in [5, 5.41) is 2.96. The molecule has 0 spiro atoms. The molecule has 1 atom stereocenters. The van der Waals surface area contributed by atoms with Crippen LogP contribution in [-0.4, -0.2) is 10.9 Å². The number of pyridine rings is 1. The van der Waals surface area contributed by atoms with Crippen molar-refractivity contribution in [1.82, 2.24) is 10.3 Å². The van der Waals surface area contributed by atoms with Crippen LogP contribution in [0.15, 0.2) is 66.9 Å². The first-order chi connectivity index (χ1) is 12.0. The molecular weight excluding hydrogens is 315 g/mol. The number of hydrogen-bond donors (Lipinski definition) is 1. The van der Waals surface area contributed by atoms with Gasteiger partial charge in [0.1, 0.15) is 5.82 Å². The molecule has 25 heavy (non-hydrogen) atoms. The third kappa shape index (κ3) is 4.10. The summed E-state index contributed by atoms with van der Waals surface area (Å²) < 4.78 is 13.3. The molecule has 3 aromatic rings. The fourth-order valence-corrected chi connectivity index (χ4v) is 2.57. The largest absolute Gasteiger partial charge is 0.345 e. The van der Waals surface area contributed by atoms with Crippen LogP contribution in [-0.2, 0) is 0 Å². The number of aromatic nitrogens is 1. The van der Waals surface area contributed by atoms with Crippen LogP contribution in [0.1, 0.15) is 34.5 Å². The molecule has 0 aliphatic heterocycles. The van der Waals surface area contributed by atoms with E-state index < -0.39 is 0 Å². The van der Waals surface area contributed by atoms with E-state index in [0.29, 0.717) is 16.8 Å². The van der Waals surface area contributed by atoms with Gasteiger partial charge in [0.2, 0.25) is 0 Å². The molecule has 1 heterocycles. The highest BCUT2D eigenvalue weighted by molar-refractivity contribution is 5.94. The third-order valence-corrected chi connectivity index (χ3v) is 4.07. The number of aryl methyl sites for hydroxylation is 1. The van der Waals surface area contributed by atoms with E-state index in [4.69, 9.17) is 0 Å². The lowest BCUT2D eigenvalue weighted by molar-refractivity contribution is 0.0939. The van der Waals surface area contributed by atoms with Gasteiger partial charge in [-0.15, -0.1) is 0 Å². The summed E-state index contributed by atoms with van der Waals surface area (Å²) in [7, 11) is 0. The highest BCUT2D eigenvalue weighted by atomic mass is 19.1. The fraction of sp³-hybridized carbons (Fsp3) is 0.143. The minimum Gasteiger partial charge on any atom is -0.345 e. The summed E-state index contributed by atoms with van der Waals surface area (Å²) in [6.07, 6.45) is 1.51. The monoisotopic (exact) mass is 334 g/mol. The van der Waals surface area contributed by atoms with Gasteiger partial charge in [0.25, 0.3) is 5.91 Å². The van der Waals surface area contributed by atoms with Crippen molar-refractivity contribution in [3.05, 3.63) is 89.4 Å². The van der Waals surface area contributed by atoms with Gasteiger partial charge >= 0.3 is 0 Å². The molecule has 0 saturated carbocycles. The molecule has 3 rings (SSSR count). The van der Waals surface area contributed by atoms with Crippen molar-refractivity contribution in [3.8, 4) is 11.3 Å². The quantitative estimate of drug-likeness (QED) is 0.752. The van der Waals surface area contributed by atoms with Crippen molar-refractivity contribution in [2.45, 2.75) is 19.9 Å². The van der Waals surface area contributed by atoms with Crippen LogP contribution in [0, 0.1) is 12.7 Å². The summed E-state index contributed by atoms with van der Waals surface area (Å²) in [4.78, 5) is 16.7. The molecule has 1 aromatic heterocycles. The maximum absolute atomic E-state index is 13.3. The molecule has 3 nitrogen and oxygen atoms in total. The fourth-order valence-electron chi connectivity index (χ4n) is 2.57. The van der Waals surface area contributed by atoms with E-state index in [1.165, 1.54) is 23.9 Å². The maximum atomic E-state index is 13.3. The van der Waals surface area contributed by atoms with Gasteiger partial charge in [-0.2, -0.15) is 0 Å². The molecule has 4 heteroatoms. The second-order valence-corrected chi connectivity index (χ2v) is 6.05. The van der Waals surface area contributed by atoms with Crippen LogP contribution in [0.2, 0.25) is 0 Å². The Hall–Kier alpha value is -3.01. The Morgan fingerprint density at radius 1 is 1.08 bits per heavy atom. The smallest absolute Gasteiger partial charge is 0.253 e. The lowest BCUT2D eigenvalue weighted by atomic mass is 10.1. The Labute approximate surface area is 146 Å². The number of nitrogens with one attached hydrogen (secondary N) is 1. The molecule has 0 unspecified atom stereocenters. The number of rotatable bonds is 4. The van der Waals surface area contributed by atoms with E-state index in [1.54, 1.807) is 24.3 Å². The van der Waals surface area contributed by atoms with Gasteiger partial charge in [-0.05, 0) is 43.7 Å².